The number of hydrogen-bond acceptors (Lipinski definition) is 5. The van der Waals surface area contributed by atoms with Crippen LogP contribution in [-0.2, 0) is 0 Å². The summed E-state index contributed by atoms with van der Waals surface area (Å²) in [5.74, 6) is -0.162. The van der Waals surface area contributed by atoms with E-state index in [1.165, 1.54) is 6.07 Å². The van der Waals surface area contributed by atoms with E-state index in [-0.39, 0.29) is 11.6 Å². The van der Waals surface area contributed by atoms with Crippen LogP contribution in [0.5, 0.6) is 0 Å². The van der Waals surface area contributed by atoms with Crippen LogP contribution in [0.1, 0.15) is 10.4 Å². The summed E-state index contributed by atoms with van der Waals surface area (Å²) in [4.78, 5) is 38.1. The van der Waals surface area contributed by atoms with Crippen molar-refractivity contribution >= 4 is 29.0 Å². The lowest BCUT2D eigenvalue weighted by Crippen LogP contribution is -2.49. The number of piperazine rings is 1. The van der Waals surface area contributed by atoms with Gasteiger partial charge in [-0.05, 0) is 24.3 Å². The van der Waals surface area contributed by atoms with Crippen LogP contribution < -0.4 is 16.0 Å². The number of benzene rings is 2. The molecule has 3 amide bonds. The van der Waals surface area contributed by atoms with Gasteiger partial charge >= 0.3 is 6.03 Å². The Balaban J connectivity index is 1.68. The molecule has 9 nitrogen and oxygen atoms in total. The van der Waals surface area contributed by atoms with E-state index >= 15 is 0 Å². The molecule has 1 saturated heterocycles. The molecule has 1 aliphatic rings. The number of anilines is 2. The number of nitro benzene ring substituents is 1. The molecule has 27 heavy (non-hydrogen) atoms. The molecule has 0 bridgehead atoms. The maximum Gasteiger partial charge on any atom is 0.316 e. The van der Waals surface area contributed by atoms with Gasteiger partial charge in [-0.2, -0.15) is 0 Å². The Morgan fingerprint density at radius 2 is 1.74 bits per heavy atom. The Kier molecular flexibility index (Phi) is 5.20. The second-order valence-corrected chi connectivity index (χ2v) is 6.10. The number of rotatable bonds is 4. The first-order valence-electron chi connectivity index (χ1n) is 8.40. The van der Waals surface area contributed by atoms with Gasteiger partial charge < -0.3 is 20.9 Å². The highest BCUT2D eigenvalue weighted by molar-refractivity contribution is 5.96. The zero-order chi connectivity index (χ0) is 19.4. The van der Waals surface area contributed by atoms with Crippen LogP contribution in [0.2, 0.25) is 0 Å². The first kappa shape index (κ1) is 18.2. The highest BCUT2D eigenvalue weighted by atomic mass is 16.6. The Hall–Kier alpha value is -3.62. The molecule has 1 aliphatic heterocycles. The van der Waals surface area contributed by atoms with Gasteiger partial charge in [-0.3, -0.25) is 14.9 Å². The number of nitrogens with two attached hydrogens (primary N) is 1. The molecule has 3 N–H and O–H groups in total. The standard InChI is InChI=1S/C18H19N5O4/c19-18(25)20-14-5-3-4-13(12-14)17(24)22-10-8-21(9-11-22)15-6-1-2-7-16(15)23(26)27/h1-7,12H,8-11H2,(H3,19,20,25). The number of hydrogen-bond donors (Lipinski definition) is 2. The monoisotopic (exact) mass is 369 g/mol. The number of para-hydroxylation sites is 2. The van der Waals surface area contributed by atoms with Crippen LogP contribution in [0.25, 0.3) is 0 Å². The Bertz CT molecular complexity index is 878. The Labute approximate surface area is 155 Å². The van der Waals surface area contributed by atoms with E-state index in [0.29, 0.717) is 43.1 Å². The van der Waals surface area contributed by atoms with E-state index in [0.717, 1.165) is 0 Å². The van der Waals surface area contributed by atoms with Crippen molar-refractivity contribution in [2.75, 3.05) is 36.4 Å². The molecule has 2 aromatic rings. The van der Waals surface area contributed by atoms with Crippen molar-refractivity contribution in [3.63, 3.8) is 0 Å². The number of amides is 3. The summed E-state index contributed by atoms with van der Waals surface area (Å²) in [5, 5.41) is 13.7. The van der Waals surface area contributed by atoms with E-state index in [9.17, 15) is 19.7 Å². The number of primary amides is 1. The van der Waals surface area contributed by atoms with Crippen LogP contribution >= 0.6 is 0 Å². The van der Waals surface area contributed by atoms with Crippen LogP contribution in [-0.4, -0.2) is 47.9 Å². The zero-order valence-corrected chi connectivity index (χ0v) is 14.5. The first-order chi connectivity index (χ1) is 13.0. The minimum atomic E-state index is -0.697. The largest absolute Gasteiger partial charge is 0.362 e. The predicted molar refractivity (Wildman–Crippen MR) is 101 cm³/mol. The normalized spacial score (nSPS) is 13.9. The Morgan fingerprint density at radius 1 is 1.04 bits per heavy atom. The number of nitrogens with zero attached hydrogens (tertiary/aromatic N) is 3. The highest BCUT2D eigenvalue weighted by Crippen LogP contribution is 2.28. The van der Waals surface area contributed by atoms with Gasteiger partial charge in [0, 0.05) is 43.5 Å². The molecule has 3 rings (SSSR count). The number of carbonyl (C=O) groups excluding carboxylic acids is 2. The second kappa shape index (κ2) is 7.73. The average molecular weight is 369 g/mol. The smallest absolute Gasteiger partial charge is 0.316 e. The molecule has 2 aromatic carbocycles. The zero-order valence-electron chi connectivity index (χ0n) is 14.5. The summed E-state index contributed by atoms with van der Waals surface area (Å²) < 4.78 is 0. The van der Waals surface area contributed by atoms with Gasteiger partial charge in [-0.15, -0.1) is 0 Å². The number of urea groups is 1. The molecule has 0 saturated carbocycles. The molecular weight excluding hydrogens is 350 g/mol. The van der Waals surface area contributed by atoms with Crippen LogP contribution in [0.4, 0.5) is 21.9 Å². The lowest BCUT2D eigenvalue weighted by atomic mass is 10.1. The summed E-state index contributed by atoms with van der Waals surface area (Å²) in [5.41, 5.74) is 6.61. The van der Waals surface area contributed by atoms with Crippen molar-refractivity contribution < 1.29 is 14.5 Å². The lowest BCUT2D eigenvalue weighted by molar-refractivity contribution is -0.384. The van der Waals surface area contributed by atoms with Crippen LogP contribution in [0.15, 0.2) is 48.5 Å². The van der Waals surface area contributed by atoms with Crippen molar-refractivity contribution in [1.82, 2.24) is 4.90 Å². The maximum absolute atomic E-state index is 12.7. The van der Waals surface area contributed by atoms with Gasteiger partial charge in [0.1, 0.15) is 5.69 Å². The van der Waals surface area contributed by atoms with Gasteiger partial charge in [-0.1, -0.05) is 18.2 Å². The van der Waals surface area contributed by atoms with Crippen molar-refractivity contribution in [1.29, 1.82) is 0 Å². The number of nitro groups is 1. The highest BCUT2D eigenvalue weighted by Gasteiger charge is 2.26. The third-order valence-electron chi connectivity index (χ3n) is 4.36. The van der Waals surface area contributed by atoms with Crippen molar-refractivity contribution in [2.24, 2.45) is 5.73 Å². The Morgan fingerprint density at radius 3 is 2.41 bits per heavy atom. The number of carbonyl (C=O) groups is 2. The third kappa shape index (κ3) is 4.14. The van der Waals surface area contributed by atoms with Gasteiger partial charge in [-0.25, -0.2) is 4.79 Å². The molecule has 140 valence electrons. The topological polar surface area (TPSA) is 122 Å². The maximum atomic E-state index is 12.7. The fraction of sp³-hybridized carbons (Fsp3) is 0.222. The van der Waals surface area contributed by atoms with Crippen LogP contribution in [0.3, 0.4) is 0 Å². The molecule has 0 spiro atoms. The van der Waals surface area contributed by atoms with Crippen molar-refractivity contribution in [2.45, 2.75) is 0 Å². The molecule has 9 heteroatoms. The predicted octanol–water partition coefficient (Wildman–Crippen LogP) is 2.05. The summed E-state index contributed by atoms with van der Waals surface area (Å²) in [6, 6.07) is 12.4. The molecule has 1 heterocycles. The van der Waals surface area contributed by atoms with Crippen molar-refractivity contribution in [3.8, 4) is 0 Å². The van der Waals surface area contributed by atoms with Gasteiger partial charge in [0.15, 0.2) is 0 Å². The molecule has 1 fully saturated rings. The van der Waals surface area contributed by atoms with E-state index in [4.69, 9.17) is 5.73 Å². The second-order valence-electron chi connectivity index (χ2n) is 6.10. The molecule has 0 aliphatic carbocycles. The van der Waals surface area contributed by atoms with E-state index < -0.39 is 11.0 Å². The minimum absolute atomic E-state index is 0.0579. The molecule has 0 unspecified atom stereocenters. The van der Waals surface area contributed by atoms with Gasteiger partial charge in [0.2, 0.25) is 0 Å². The van der Waals surface area contributed by atoms with Gasteiger partial charge in [0.25, 0.3) is 11.6 Å². The first-order valence-corrected chi connectivity index (χ1v) is 8.40. The quantitative estimate of drug-likeness (QED) is 0.631. The van der Waals surface area contributed by atoms with Crippen LogP contribution in [0, 0.1) is 10.1 Å². The lowest BCUT2D eigenvalue weighted by Gasteiger charge is -2.35. The molecule has 0 aromatic heterocycles. The fourth-order valence-corrected chi connectivity index (χ4v) is 3.09. The van der Waals surface area contributed by atoms with E-state index in [1.54, 1.807) is 47.4 Å². The summed E-state index contributed by atoms with van der Waals surface area (Å²) in [6.45, 7) is 1.88. The van der Waals surface area contributed by atoms with E-state index in [1.807, 2.05) is 4.90 Å². The number of nitrogens with one attached hydrogen (secondary N) is 1. The SMILES string of the molecule is NC(=O)Nc1cccc(C(=O)N2CCN(c3ccccc3[N+](=O)[O-])CC2)c1. The fourth-order valence-electron chi connectivity index (χ4n) is 3.09. The summed E-state index contributed by atoms with van der Waals surface area (Å²) >= 11 is 0. The molecule has 0 atom stereocenters. The van der Waals surface area contributed by atoms with E-state index in [2.05, 4.69) is 5.32 Å². The van der Waals surface area contributed by atoms with Crippen molar-refractivity contribution in [3.05, 3.63) is 64.2 Å². The minimum Gasteiger partial charge on any atom is -0.362 e. The third-order valence-corrected chi connectivity index (χ3v) is 4.36. The summed E-state index contributed by atoms with van der Waals surface area (Å²) in [6.07, 6.45) is 0. The average Bonchev–Trinajstić information content (AvgIpc) is 2.67. The molecular formula is C18H19N5O4. The molecule has 0 radical (unpaired) electrons. The summed E-state index contributed by atoms with van der Waals surface area (Å²) in [7, 11) is 0. The van der Waals surface area contributed by atoms with Gasteiger partial charge in [0.05, 0.1) is 4.92 Å².